The molecule has 1 saturated heterocycles. The number of hydrogen-bond donors (Lipinski definition) is 2. The summed E-state index contributed by atoms with van der Waals surface area (Å²) < 4.78 is 17.0. The van der Waals surface area contributed by atoms with Gasteiger partial charge in [0.2, 0.25) is 0 Å². The Bertz CT molecular complexity index is 1550. The third-order valence-corrected chi connectivity index (χ3v) is 6.45. The Kier molecular flexibility index (Phi) is 9.82. The van der Waals surface area contributed by atoms with Crippen LogP contribution < -0.4 is 29.7 Å². The molecule has 0 atom stereocenters. The van der Waals surface area contributed by atoms with Gasteiger partial charge in [-0.3, -0.25) is 19.7 Å². The highest BCUT2D eigenvalue weighted by Crippen LogP contribution is 2.34. The Morgan fingerprint density at radius 3 is 2.52 bits per heavy atom. The topological polar surface area (TPSA) is 123 Å². The molecule has 0 unspecified atom stereocenters. The number of imide groups is 2. The summed E-state index contributed by atoms with van der Waals surface area (Å²) in [6.07, 6.45) is 2.14. The lowest BCUT2D eigenvalue weighted by atomic mass is 10.1. The zero-order chi connectivity index (χ0) is 30.2. The van der Waals surface area contributed by atoms with Crippen molar-refractivity contribution in [1.29, 1.82) is 0 Å². The van der Waals surface area contributed by atoms with Gasteiger partial charge in [-0.2, -0.15) is 0 Å². The predicted molar refractivity (Wildman–Crippen MR) is 159 cm³/mol. The minimum atomic E-state index is -0.884. The minimum Gasteiger partial charge on any atom is -0.490 e. The summed E-state index contributed by atoms with van der Waals surface area (Å²) in [6, 6.07) is 15.5. The number of aryl methyl sites for hydroxylation is 1. The van der Waals surface area contributed by atoms with Gasteiger partial charge in [-0.25, -0.2) is 9.69 Å². The summed E-state index contributed by atoms with van der Waals surface area (Å²) in [5, 5.41) is 5.45. The molecule has 0 bridgehead atoms. The van der Waals surface area contributed by atoms with Crippen LogP contribution in [0.5, 0.6) is 17.2 Å². The van der Waals surface area contributed by atoms with Crippen LogP contribution in [0.15, 0.2) is 66.2 Å². The molecule has 0 spiro atoms. The Hall–Kier alpha value is -4.83. The molecule has 3 aromatic rings. The second-order valence-electron chi connectivity index (χ2n) is 9.24. The molecular weight excluding hydrogens is 562 g/mol. The summed E-state index contributed by atoms with van der Waals surface area (Å²) in [7, 11) is 0. The van der Waals surface area contributed by atoms with Gasteiger partial charge in [0.25, 0.3) is 17.7 Å². The van der Waals surface area contributed by atoms with E-state index in [1.165, 1.54) is 12.1 Å². The van der Waals surface area contributed by atoms with E-state index in [0.717, 1.165) is 16.9 Å². The van der Waals surface area contributed by atoms with Gasteiger partial charge in [-0.15, -0.1) is 0 Å². The van der Waals surface area contributed by atoms with E-state index in [2.05, 4.69) is 10.6 Å². The number of benzene rings is 3. The fourth-order valence-corrected chi connectivity index (χ4v) is 4.19. The Morgan fingerprint density at radius 2 is 1.79 bits per heavy atom. The number of nitrogens with one attached hydrogen (secondary N) is 2. The van der Waals surface area contributed by atoms with Gasteiger partial charge in [0.05, 0.1) is 18.9 Å². The highest BCUT2D eigenvalue weighted by atomic mass is 35.5. The van der Waals surface area contributed by atoms with E-state index in [1.807, 2.05) is 13.8 Å². The highest BCUT2D eigenvalue weighted by Gasteiger charge is 2.37. The highest BCUT2D eigenvalue weighted by molar-refractivity contribution is 6.39. The van der Waals surface area contributed by atoms with Crippen molar-refractivity contribution in [1.82, 2.24) is 5.32 Å². The standard InChI is InChI=1S/C31H30ClN3O7/c1-4-13-41-26-12-11-22(17-27(26)40-5-2)35-30(38)24(29(37)34-31(35)39)15-20-7-6-8-23(14-20)42-18-28(36)33-21-10-9-19(3)25(32)16-21/h6-12,14-17H,4-5,13,18H2,1-3H3,(H,33,36)(H,34,37,39)/b24-15+. The van der Waals surface area contributed by atoms with Crippen molar-refractivity contribution in [2.75, 3.05) is 30.0 Å². The monoisotopic (exact) mass is 591 g/mol. The Morgan fingerprint density at radius 1 is 0.976 bits per heavy atom. The van der Waals surface area contributed by atoms with E-state index in [0.29, 0.717) is 46.7 Å². The zero-order valence-electron chi connectivity index (χ0n) is 23.4. The van der Waals surface area contributed by atoms with Crippen LogP contribution in [0.1, 0.15) is 31.4 Å². The van der Waals surface area contributed by atoms with Crippen LogP contribution in [0.25, 0.3) is 6.08 Å². The number of halogens is 1. The van der Waals surface area contributed by atoms with Crippen molar-refractivity contribution in [2.45, 2.75) is 27.2 Å². The molecule has 1 heterocycles. The number of anilines is 2. The molecule has 1 aliphatic rings. The van der Waals surface area contributed by atoms with Crippen LogP contribution in [0.3, 0.4) is 0 Å². The number of barbiturate groups is 1. The average Bonchev–Trinajstić information content (AvgIpc) is 2.96. The molecule has 0 aliphatic carbocycles. The van der Waals surface area contributed by atoms with Gasteiger partial charge in [0.1, 0.15) is 11.3 Å². The fourth-order valence-electron chi connectivity index (χ4n) is 4.00. The molecule has 4 rings (SSSR count). The second kappa shape index (κ2) is 13.7. The van der Waals surface area contributed by atoms with Crippen molar-refractivity contribution < 1.29 is 33.4 Å². The molecule has 10 nitrogen and oxygen atoms in total. The van der Waals surface area contributed by atoms with Gasteiger partial charge >= 0.3 is 6.03 Å². The molecule has 218 valence electrons. The van der Waals surface area contributed by atoms with E-state index in [1.54, 1.807) is 61.5 Å². The third-order valence-electron chi connectivity index (χ3n) is 6.04. The first-order chi connectivity index (χ1) is 20.2. The molecule has 1 fully saturated rings. The number of carbonyl (C=O) groups is 4. The van der Waals surface area contributed by atoms with Crippen molar-refractivity contribution in [3.63, 3.8) is 0 Å². The average molecular weight is 592 g/mol. The maximum absolute atomic E-state index is 13.4. The van der Waals surface area contributed by atoms with Crippen molar-refractivity contribution in [2.24, 2.45) is 0 Å². The summed E-state index contributed by atoms with van der Waals surface area (Å²) in [5.74, 6) is -0.861. The van der Waals surface area contributed by atoms with E-state index >= 15 is 0 Å². The van der Waals surface area contributed by atoms with Gasteiger partial charge in [0.15, 0.2) is 18.1 Å². The van der Waals surface area contributed by atoms with Crippen molar-refractivity contribution >= 4 is 52.8 Å². The molecular formula is C31H30ClN3O7. The van der Waals surface area contributed by atoms with Crippen LogP contribution in [0, 0.1) is 6.92 Å². The normalized spacial score (nSPS) is 14.0. The quantitative estimate of drug-likeness (QED) is 0.222. The third kappa shape index (κ3) is 7.27. The van der Waals surface area contributed by atoms with Crippen molar-refractivity contribution in [3.05, 3.63) is 82.4 Å². The van der Waals surface area contributed by atoms with Crippen LogP contribution in [-0.2, 0) is 14.4 Å². The predicted octanol–water partition coefficient (Wildman–Crippen LogP) is 5.52. The molecule has 11 heteroatoms. The molecule has 0 radical (unpaired) electrons. The molecule has 5 amide bonds. The maximum atomic E-state index is 13.4. The zero-order valence-corrected chi connectivity index (χ0v) is 24.1. The molecule has 0 aromatic heterocycles. The van der Waals surface area contributed by atoms with Crippen molar-refractivity contribution in [3.8, 4) is 17.2 Å². The molecule has 42 heavy (non-hydrogen) atoms. The number of rotatable bonds is 11. The van der Waals surface area contributed by atoms with Gasteiger partial charge in [-0.05, 0) is 73.9 Å². The lowest BCUT2D eigenvalue weighted by Crippen LogP contribution is -2.54. The first kappa shape index (κ1) is 30.1. The number of carbonyl (C=O) groups excluding carboxylic acids is 4. The van der Waals surface area contributed by atoms with E-state index < -0.39 is 23.8 Å². The first-order valence-corrected chi connectivity index (χ1v) is 13.7. The number of ether oxygens (including phenoxy) is 3. The summed E-state index contributed by atoms with van der Waals surface area (Å²) in [5.41, 5.74) is 1.82. The second-order valence-corrected chi connectivity index (χ2v) is 9.65. The maximum Gasteiger partial charge on any atom is 0.335 e. The number of amides is 5. The number of urea groups is 1. The van der Waals surface area contributed by atoms with Gasteiger partial charge < -0.3 is 19.5 Å². The SMILES string of the molecule is CCCOc1ccc(N2C(=O)NC(=O)/C(=C\c3cccc(OCC(=O)Nc4ccc(C)c(Cl)c4)c3)C2=O)cc1OCC. The fraction of sp³-hybridized carbons (Fsp3) is 0.226. The van der Waals surface area contributed by atoms with Gasteiger partial charge in [0, 0.05) is 16.8 Å². The Labute approximate surface area is 248 Å². The van der Waals surface area contributed by atoms with E-state index in [4.69, 9.17) is 25.8 Å². The van der Waals surface area contributed by atoms with Crippen LogP contribution in [0.2, 0.25) is 5.02 Å². The first-order valence-electron chi connectivity index (χ1n) is 13.3. The molecule has 3 aromatic carbocycles. The lowest BCUT2D eigenvalue weighted by molar-refractivity contribution is -0.122. The van der Waals surface area contributed by atoms with Crippen LogP contribution in [0.4, 0.5) is 16.2 Å². The largest absolute Gasteiger partial charge is 0.490 e. The smallest absolute Gasteiger partial charge is 0.335 e. The summed E-state index contributed by atoms with van der Waals surface area (Å²) >= 11 is 6.11. The minimum absolute atomic E-state index is 0.209. The summed E-state index contributed by atoms with van der Waals surface area (Å²) in [4.78, 5) is 52.0. The summed E-state index contributed by atoms with van der Waals surface area (Å²) in [6.45, 7) is 6.16. The molecule has 2 N–H and O–H groups in total. The van der Waals surface area contributed by atoms with E-state index in [-0.39, 0.29) is 17.9 Å². The van der Waals surface area contributed by atoms with Crippen LogP contribution >= 0.6 is 11.6 Å². The lowest BCUT2D eigenvalue weighted by Gasteiger charge is -2.27. The Balaban J connectivity index is 1.50. The number of nitrogens with zero attached hydrogens (tertiary/aromatic N) is 1. The molecule has 1 aliphatic heterocycles. The van der Waals surface area contributed by atoms with Crippen LogP contribution in [-0.4, -0.2) is 43.6 Å². The van der Waals surface area contributed by atoms with E-state index in [9.17, 15) is 19.2 Å². The number of hydrogen-bond acceptors (Lipinski definition) is 7. The molecule has 0 saturated carbocycles. The van der Waals surface area contributed by atoms with Gasteiger partial charge in [-0.1, -0.05) is 36.7 Å².